The number of hydrogen-bond donors (Lipinski definition) is 2. The summed E-state index contributed by atoms with van der Waals surface area (Å²) < 4.78 is 11.0. The molecule has 2 N–H and O–H groups in total. The molecule has 0 aliphatic carbocycles. The van der Waals surface area contributed by atoms with Gasteiger partial charge in [-0.15, -0.1) is 0 Å². The largest absolute Gasteiger partial charge is 0.496 e. The Balaban J connectivity index is 1.48. The molecule has 0 unspecified atom stereocenters. The van der Waals surface area contributed by atoms with E-state index in [4.69, 9.17) is 9.47 Å². The van der Waals surface area contributed by atoms with Crippen LogP contribution in [0.2, 0.25) is 0 Å². The number of aromatic nitrogens is 2. The minimum atomic E-state index is -1.09. The van der Waals surface area contributed by atoms with Crippen molar-refractivity contribution in [2.75, 3.05) is 25.7 Å². The molecule has 1 aromatic heterocycles. The van der Waals surface area contributed by atoms with Crippen LogP contribution in [0.3, 0.4) is 0 Å². The van der Waals surface area contributed by atoms with Gasteiger partial charge in [-0.05, 0) is 36.1 Å². The number of amides is 1. The molecule has 35 heavy (non-hydrogen) atoms. The van der Waals surface area contributed by atoms with E-state index < -0.39 is 18.1 Å². The van der Waals surface area contributed by atoms with Crippen molar-refractivity contribution in [1.29, 1.82) is 0 Å². The molecule has 2 heterocycles. The molecular weight excluding hydrogens is 448 g/mol. The normalized spacial score (nSPS) is 15.9. The monoisotopic (exact) mass is 476 g/mol. The summed E-state index contributed by atoms with van der Waals surface area (Å²) in [5, 5.41) is 12.5. The fraction of sp³-hybridized carbons (Fsp3) is 0.308. The van der Waals surface area contributed by atoms with Crippen molar-refractivity contribution in [2.45, 2.75) is 31.3 Å². The molecule has 0 saturated carbocycles. The molecule has 1 aliphatic rings. The maximum Gasteiger partial charge on any atom is 0.326 e. The lowest BCUT2D eigenvalue weighted by Crippen LogP contribution is -2.50. The Kier molecular flexibility index (Phi) is 7.45. The van der Waals surface area contributed by atoms with Gasteiger partial charge in [0.2, 0.25) is 5.91 Å². The molecule has 182 valence electrons. The molecule has 1 amide bonds. The molecule has 1 aliphatic heterocycles. The van der Waals surface area contributed by atoms with Gasteiger partial charge in [-0.3, -0.25) is 9.78 Å². The number of benzene rings is 2. The minimum Gasteiger partial charge on any atom is -0.496 e. The van der Waals surface area contributed by atoms with Gasteiger partial charge in [0.1, 0.15) is 29.4 Å². The Hall–Kier alpha value is -4.14. The van der Waals surface area contributed by atoms with E-state index in [-0.39, 0.29) is 12.3 Å². The van der Waals surface area contributed by atoms with Crippen LogP contribution >= 0.6 is 0 Å². The van der Waals surface area contributed by atoms with Crippen LogP contribution in [0.1, 0.15) is 18.4 Å². The first-order valence-electron chi connectivity index (χ1n) is 11.4. The van der Waals surface area contributed by atoms with Crippen molar-refractivity contribution in [3.05, 3.63) is 66.6 Å². The van der Waals surface area contributed by atoms with Crippen LogP contribution in [-0.2, 0) is 16.0 Å². The zero-order chi connectivity index (χ0) is 24.8. The first-order chi connectivity index (χ1) is 17.0. The maximum atomic E-state index is 13.0. The second kappa shape index (κ2) is 10.9. The van der Waals surface area contributed by atoms with Crippen molar-refractivity contribution < 1.29 is 24.2 Å². The van der Waals surface area contributed by atoms with Gasteiger partial charge >= 0.3 is 5.97 Å². The topological polar surface area (TPSA) is 114 Å². The highest BCUT2D eigenvalue weighted by Gasteiger charge is 2.34. The van der Waals surface area contributed by atoms with E-state index >= 15 is 0 Å². The van der Waals surface area contributed by atoms with Gasteiger partial charge in [0.15, 0.2) is 0 Å². The van der Waals surface area contributed by atoms with E-state index in [1.165, 1.54) is 0 Å². The molecule has 2 aromatic carbocycles. The predicted molar refractivity (Wildman–Crippen MR) is 131 cm³/mol. The van der Waals surface area contributed by atoms with E-state index in [0.29, 0.717) is 30.3 Å². The van der Waals surface area contributed by atoms with Crippen molar-refractivity contribution >= 4 is 17.7 Å². The number of carbonyl (C=O) groups excluding carboxylic acids is 1. The fourth-order valence-electron chi connectivity index (χ4n) is 4.40. The van der Waals surface area contributed by atoms with Gasteiger partial charge in [-0.2, -0.15) is 0 Å². The third-order valence-electron chi connectivity index (χ3n) is 6.12. The van der Waals surface area contributed by atoms with Crippen molar-refractivity contribution in [3.8, 4) is 22.6 Å². The van der Waals surface area contributed by atoms with E-state index in [2.05, 4.69) is 15.3 Å². The molecule has 1 fully saturated rings. The summed E-state index contributed by atoms with van der Waals surface area (Å²) >= 11 is 0. The molecule has 9 heteroatoms. The predicted octanol–water partition coefficient (Wildman–Crippen LogP) is 2.94. The molecule has 1 saturated heterocycles. The zero-order valence-electron chi connectivity index (χ0n) is 19.7. The number of carboxylic acid groups (broad SMARTS) is 1. The van der Waals surface area contributed by atoms with Gasteiger partial charge in [0, 0.05) is 25.4 Å². The molecule has 0 bridgehead atoms. The van der Waals surface area contributed by atoms with E-state index in [1.807, 2.05) is 47.4 Å². The lowest BCUT2D eigenvalue weighted by molar-refractivity contribution is -0.141. The van der Waals surface area contributed by atoms with Crippen LogP contribution < -0.4 is 19.7 Å². The third kappa shape index (κ3) is 5.34. The Morgan fingerprint density at radius 2 is 1.83 bits per heavy atom. The number of anilines is 1. The number of carbonyl (C=O) groups is 2. The van der Waals surface area contributed by atoms with Crippen molar-refractivity contribution in [2.24, 2.45) is 0 Å². The Morgan fingerprint density at radius 3 is 2.43 bits per heavy atom. The number of carboxylic acids is 1. The summed E-state index contributed by atoms with van der Waals surface area (Å²) in [6, 6.07) is 11.5. The number of aliphatic carboxylic acids is 1. The van der Waals surface area contributed by atoms with Crippen LogP contribution in [0.15, 0.2) is 61.1 Å². The highest BCUT2D eigenvalue weighted by molar-refractivity contribution is 5.89. The second-order valence-electron chi connectivity index (χ2n) is 8.25. The lowest BCUT2D eigenvalue weighted by atomic mass is 9.99. The summed E-state index contributed by atoms with van der Waals surface area (Å²) in [6.45, 7) is 0.669. The summed E-state index contributed by atoms with van der Waals surface area (Å²) in [6.07, 6.45) is 6.36. The van der Waals surface area contributed by atoms with E-state index in [1.54, 1.807) is 32.8 Å². The van der Waals surface area contributed by atoms with Crippen LogP contribution in [-0.4, -0.2) is 59.8 Å². The number of ether oxygens (including phenoxy) is 2. The molecule has 3 aromatic rings. The Labute approximate surface area is 203 Å². The van der Waals surface area contributed by atoms with Gasteiger partial charge in [0.05, 0.1) is 26.0 Å². The van der Waals surface area contributed by atoms with Crippen LogP contribution in [0, 0.1) is 0 Å². The van der Waals surface area contributed by atoms with E-state index in [0.717, 1.165) is 23.1 Å². The Morgan fingerprint density at radius 1 is 1.11 bits per heavy atom. The number of rotatable bonds is 9. The van der Waals surface area contributed by atoms with Crippen molar-refractivity contribution in [3.63, 3.8) is 0 Å². The first kappa shape index (κ1) is 24.0. The van der Waals surface area contributed by atoms with Gasteiger partial charge in [0.25, 0.3) is 0 Å². The SMILES string of the molecule is COc1cccc(OC)c1-c1ccc(C[C@H](NC(=O)[C@@H]2CCCN2c2cnccn2)C(=O)O)cc1. The minimum absolute atomic E-state index is 0.155. The average Bonchev–Trinajstić information content (AvgIpc) is 3.39. The summed E-state index contributed by atoms with van der Waals surface area (Å²) in [7, 11) is 3.20. The summed E-state index contributed by atoms with van der Waals surface area (Å²) in [5.74, 6) is 0.558. The van der Waals surface area contributed by atoms with Gasteiger partial charge < -0.3 is 24.8 Å². The second-order valence-corrected chi connectivity index (χ2v) is 8.25. The number of nitrogens with one attached hydrogen (secondary N) is 1. The Bertz CT molecular complexity index is 1150. The van der Waals surface area contributed by atoms with Crippen molar-refractivity contribution in [1.82, 2.24) is 15.3 Å². The fourth-order valence-corrected chi connectivity index (χ4v) is 4.40. The number of methoxy groups -OCH3 is 2. The molecule has 9 nitrogen and oxygen atoms in total. The van der Waals surface area contributed by atoms with Gasteiger partial charge in [-0.25, -0.2) is 9.78 Å². The average molecular weight is 477 g/mol. The molecule has 4 rings (SSSR count). The van der Waals surface area contributed by atoms with Crippen LogP contribution in [0.4, 0.5) is 5.82 Å². The van der Waals surface area contributed by atoms with Gasteiger partial charge in [-0.1, -0.05) is 30.3 Å². The summed E-state index contributed by atoms with van der Waals surface area (Å²) in [5.41, 5.74) is 2.48. The highest BCUT2D eigenvalue weighted by atomic mass is 16.5. The van der Waals surface area contributed by atoms with E-state index in [9.17, 15) is 14.7 Å². The first-order valence-corrected chi connectivity index (χ1v) is 11.4. The molecule has 0 spiro atoms. The van der Waals surface area contributed by atoms with Crippen LogP contribution in [0.5, 0.6) is 11.5 Å². The van der Waals surface area contributed by atoms with Crippen LogP contribution in [0.25, 0.3) is 11.1 Å². The third-order valence-corrected chi connectivity index (χ3v) is 6.12. The molecule has 2 atom stereocenters. The number of nitrogens with zero attached hydrogens (tertiary/aromatic N) is 3. The number of hydrogen-bond acceptors (Lipinski definition) is 7. The lowest BCUT2D eigenvalue weighted by Gasteiger charge is -2.26. The molecular formula is C26H28N4O5. The molecule has 0 radical (unpaired) electrons. The zero-order valence-corrected chi connectivity index (χ0v) is 19.7. The summed E-state index contributed by atoms with van der Waals surface area (Å²) in [4.78, 5) is 35.2. The maximum absolute atomic E-state index is 13.0. The quantitative estimate of drug-likeness (QED) is 0.485. The standard InChI is InChI=1S/C26H28N4O5/c1-34-21-6-3-7-22(35-2)24(21)18-10-8-17(9-11-18)15-19(26(32)33)29-25(31)20-5-4-14-30(20)23-16-27-12-13-28-23/h3,6-13,16,19-20H,4-5,14-15H2,1-2H3,(H,29,31)(H,32,33)/t19-,20-/m0/s1. The smallest absolute Gasteiger partial charge is 0.326 e. The highest BCUT2D eigenvalue weighted by Crippen LogP contribution is 2.38.